The molecule has 0 aromatic heterocycles. The van der Waals surface area contributed by atoms with Crippen LogP contribution in [0.15, 0.2) is 23.2 Å². The zero-order valence-corrected chi connectivity index (χ0v) is 20.1. The average Bonchev–Trinajstić information content (AvgIpc) is 3.22. The van der Waals surface area contributed by atoms with Crippen LogP contribution in [0.3, 0.4) is 0 Å². The van der Waals surface area contributed by atoms with Crippen molar-refractivity contribution in [1.29, 1.82) is 0 Å². The van der Waals surface area contributed by atoms with Gasteiger partial charge in [-0.2, -0.15) is 0 Å². The van der Waals surface area contributed by atoms with Gasteiger partial charge < -0.3 is 25.0 Å². The maximum atomic E-state index is 5.37. The van der Waals surface area contributed by atoms with Crippen LogP contribution in [-0.2, 0) is 6.42 Å². The third kappa shape index (κ3) is 8.03. The first kappa shape index (κ1) is 24.8. The number of nitrogens with one attached hydrogen (secondary N) is 2. The van der Waals surface area contributed by atoms with E-state index in [1.165, 1.54) is 31.2 Å². The third-order valence-electron chi connectivity index (χ3n) is 5.17. The van der Waals surface area contributed by atoms with E-state index in [0.717, 1.165) is 56.1 Å². The van der Waals surface area contributed by atoms with Crippen LogP contribution in [0.25, 0.3) is 0 Å². The van der Waals surface area contributed by atoms with Gasteiger partial charge in [0.25, 0.3) is 0 Å². The lowest BCUT2D eigenvalue weighted by molar-refractivity contribution is 0.252. The summed E-state index contributed by atoms with van der Waals surface area (Å²) >= 11 is 0. The molecule has 0 amide bonds. The molecule has 2 N–H and O–H groups in total. The van der Waals surface area contributed by atoms with Gasteiger partial charge in [-0.1, -0.05) is 18.9 Å². The van der Waals surface area contributed by atoms with E-state index in [-0.39, 0.29) is 24.0 Å². The zero-order valence-electron chi connectivity index (χ0n) is 17.8. The van der Waals surface area contributed by atoms with E-state index in [4.69, 9.17) is 14.5 Å². The number of benzene rings is 1. The van der Waals surface area contributed by atoms with Crippen molar-refractivity contribution < 1.29 is 9.47 Å². The number of likely N-dealkylation sites (N-methyl/N-ethyl adjacent to an activating group) is 1. The summed E-state index contributed by atoms with van der Waals surface area (Å²) in [5.41, 5.74) is 1.21. The van der Waals surface area contributed by atoms with Crippen LogP contribution < -0.4 is 20.1 Å². The van der Waals surface area contributed by atoms with Gasteiger partial charge in [0.15, 0.2) is 17.5 Å². The highest BCUT2D eigenvalue weighted by Gasteiger charge is 2.18. The summed E-state index contributed by atoms with van der Waals surface area (Å²) in [6.07, 6.45) is 6.32. The lowest BCUT2D eigenvalue weighted by Gasteiger charge is -2.23. The molecule has 0 bridgehead atoms. The summed E-state index contributed by atoms with van der Waals surface area (Å²) < 4.78 is 10.7. The molecule has 1 aromatic carbocycles. The normalized spacial score (nSPS) is 14.7. The van der Waals surface area contributed by atoms with Crippen molar-refractivity contribution in [2.75, 3.05) is 47.4 Å². The Kier molecular flexibility index (Phi) is 12.3. The maximum Gasteiger partial charge on any atom is 0.191 e. The number of hydrogen-bond donors (Lipinski definition) is 2. The summed E-state index contributed by atoms with van der Waals surface area (Å²) in [5.74, 6) is 2.42. The van der Waals surface area contributed by atoms with Crippen molar-refractivity contribution in [1.82, 2.24) is 15.5 Å². The number of ether oxygens (including phenoxy) is 2. The molecule has 0 atom stereocenters. The van der Waals surface area contributed by atoms with Crippen molar-refractivity contribution in [3.05, 3.63) is 23.8 Å². The first-order chi connectivity index (χ1) is 13.2. The van der Waals surface area contributed by atoms with Gasteiger partial charge in [0.1, 0.15) is 0 Å². The van der Waals surface area contributed by atoms with Crippen molar-refractivity contribution in [3.63, 3.8) is 0 Å². The predicted molar refractivity (Wildman–Crippen MR) is 128 cm³/mol. The second-order valence-electron chi connectivity index (χ2n) is 7.05. The maximum absolute atomic E-state index is 5.37. The number of halogens is 1. The Bertz CT molecular complexity index is 592. The molecule has 1 fully saturated rings. The molecule has 0 radical (unpaired) electrons. The molecule has 0 spiro atoms. The van der Waals surface area contributed by atoms with E-state index >= 15 is 0 Å². The van der Waals surface area contributed by atoms with E-state index in [1.807, 2.05) is 12.1 Å². The van der Waals surface area contributed by atoms with E-state index in [1.54, 1.807) is 14.2 Å². The summed E-state index contributed by atoms with van der Waals surface area (Å²) in [6.45, 7) is 5.60. The highest BCUT2D eigenvalue weighted by Crippen LogP contribution is 2.27. The summed E-state index contributed by atoms with van der Waals surface area (Å²) in [5, 5.41) is 6.76. The van der Waals surface area contributed by atoms with Crippen molar-refractivity contribution in [3.8, 4) is 11.5 Å². The molecule has 160 valence electrons. The Balaban J connectivity index is 0.00000392. The number of methoxy groups -OCH3 is 2. The number of hydrogen-bond acceptors (Lipinski definition) is 4. The highest BCUT2D eigenvalue weighted by molar-refractivity contribution is 14.0. The second-order valence-corrected chi connectivity index (χ2v) is 7.05. The first-order valence-electron chi connectivity index (χ1n) is 10.1. The monoisotopic (exact) mass is 504 g/mol. The Morgan fingerprint density at radius 3 is 2.50 bits per heavy atom. The van der Waals surface area contributed by atoms with Gasteiger partial charge >= 0.3 is 0 Å². The fourth-order valence-electron chi connectivity index (χ4n) is 3.55. The molecule has 0 aliphatic heterocycles. The van der Waals surface area contributed by atoms with Crippen molar-refractivity contribution in [2.24, 2.45) is 4.99 Å². The molecule has 0 unspecified atom stereocenters. The van der Waals surface area contributed by atoms with Crippen LogP contribution in [0.1, 0.15) is 38.2 Å². The molecule has 0 heterocycles. The third-order valence-corrected chi connectivity index (χ3v) is 5.17. The van der Waals surface area contributed by atoms with Crippen LogP contribution in [-0.4, -0.2) is 64.3 Å². The Labute approximate surface area is 187 Å². The van der Waals surface area contributed by atoms with Gasteiger partial charge in [0.2, 0.25) is 0 Å². The predicted octanol–water partition coefficient (Wildman–Crippen LogP) is 3.29. The minimum absolute atomic E-state index is 0. The van der Waals surface area contributed by atoms with E-state index in [0.29, 0.717) is 0 Å². The minimum atomic E-state index is 0. The summed E-state index contributed by atoms with van der Waals surface area (Å²) in [7, 11) is 5.55. The molecule has 7 heteroatoms. The van der Waals surface area contributed by atoms with Crippen molar-refractivity contribution in [2.45, 2.75) is 45.1 Å². The molecule has 1 aromatic rings. The van der Waals surface area contributed by atoms with Crippen LogP contribution in [0.4, 0.5) is 0 Å². The zero-order chi connectivity index (χ0) is 19.5. The second kappa shape index (κ2) is 13.9. The number of rotatable bonds is 10. The van der Waals surface area contributed by atoms with E-state index in [2.05, 4.69) is 35.6 Å². The summed E-state index contributed by atoms with van der Waals surface area (Å²) in [4.78, 5) is 7.19. The Morgan fingerprint density at radius 2 is 1.86 bits per heavy atom. The van der Waals surface area contributed by atoms with Crippen LogP contribution in [0, 0.1) is 0 Å². The van der Waals surface area contributed by atoms with E-state index in [9.17, 15) is 0 Å². The molecular formula is C21H37IN4O2. The lowest BCUT2D eigenvalue weighted by atomic mass is 10.1. The van der Waals surface area contributed by atoms with Gasteiger partial charge in [0, 0.05) is 25.7 Å². The molecule has 6 nitrogen and oxygen atoms in total. The van der Waals surface area contributed by atoms with Gasteiger partial charge in [-0.15, -0.1) is 24.0 Å². The molecule has 0 saturated heterocycles. The minimum Gasteiger partial charge on any atom is -0.493 e. The molecule has 28 heavy (non-hydrogen) atoms. The lowest BCUT2D eigenvalue weighted by Crippen LogP contribution is -2.39. The molecular weight excluding hydrogens is 467 g/mol. The molecule has 1 aliphatic carbocycles. The number of guanidine groups is 1. The van der Waals surface area contributed by atoms with Gasteiger partial charge in [-0.05, 0) is 50.9 Å². The van der Waals surface area contributed by atoms with Crippen LogP contribution in [0.5, 0.6) is 11.5 Å². The molecule has 1 saturated carbocycles. The Morgan fingerprint density at radius 1 is 1.14 bits per heavy atom. The highest BCUT2D eigenvalue weighted by atomic mass is 127. The number of aliphatic imine (C=N–C) groups is 1. The molecule has 2 rings (SSSR count). The Hall–Kier alpha value is -1.22. The average molecular weight is 504 g/mol. The summed E-state index contributed by atoms with van der Waals surface area (Å²) in [6, 6.07) is 6.80. The largest absolute Gasteiger partial charge is 0.493 e. The van der Waals surface area contributed by atoms with Crippen molar-refractivity contribution >= 4 is 29.9 Å². The standard InChI is InChI=1S/C21H36N4O2.HI/c1-5-22-21(24-14-15-25(2)18-8-6-7-9-18)23-13-12-17-10-11-19(26-3)20(16-17)27-4;/h10-11,16,18H,5-9,12-15H2,1-4H3,(H2,22,23,24);1H. The first-order valence-corrected chi connectivity index (χ1v) is 10.1. The van der Waals surface area contributed by atoms with Crippen LogP contribution >= 0.6 is 24.0 Å². The fourth-order valence-corrected chi connectivity index (χ4v) is 3.55. The SMILES string of the molecule is CCNC(=NCCN(C)C1CCCC1)NCCc1ccc(OC)c(OC)c1.I. The van der Waals surface area contributed by atoms with E-state index < -0.39 is 0 Å². The van der Waals surface area contributed by atoms with Gasteiger partial charge in [0.05, 0.1) is 20.8 Å². The fraction of sp³-hybridized carbons (Fsp3) is 0.667. The molecule has 1 aliphatic rings. The smallest absolute Gasteiger partial charge is 0.191 e. The van der Waals surface area contributed by atoms with Gasteiger partial charge in [-0.3, -0.25) is 4.99 Å². The van der Waals surface area contributed by atoms with Crippen LogP contribution in [0.2, 0.25) is 0 Å². The quantitative estimate of drug-likeness (QED) is 0.291. The number of nitrogens with zero attached hydrogens (tertiary/aromatic N) is 2. The van der Waals surface area contributed by atoms with Gasteiger partial charge in [-0.25, -0.2) is 0 Å². The topological polar surface area (TPSA) is 58.1 Å².